The summed E-state index contributed by atoms with van der Waals surface area (Å²) >= 11 is 0. The first kappa shape index (κ1) is 19.2. The third-order valence-electron chi connectivity index (χ3n) is 4.01. The molecular formula is C21H22N4O3. The lowest BCUT2D eigenvalue weighted by molar-refractivity contribution is 0.102. The van der Waals surface area contributed by atoms with Gasteiger partial charge in [0.1, 0.15) is 12.4 Å². The Morgan fingerprint density at radius 1 is 1.11 bits per heavy atom. The number of aromatic nitrogens is 2. The van der Waals surface area contributed by atoms with Crippen LogP contribution in [0.1, 0.15) is 15.9 Å². The van der Waals surface area contributed by atoms with Crippen LogP contribution in [0, 0.1) is 0 Å². The molecule has 0 saturated carbocycles. The van der Waals surface area contributed by atoms with E-state index in [1.54, 1.807) is 56.0 Å². The summed E-state index contributed by atoms with van der Waals surface area (Å²) in [6, 6.07) is 12.6. The van der Waals surface area contributed by atoms with Crippen LogP contribution in [0.4, 0.5) is 11.5 Å². The molecule has 1 aromatic carbocycles. The second kappa shape index (κ2) is 8.85. The van der Waals surface area contributed by atoms with Gasteiger partial charge in [-0.2, -0.15) is 0 Å². The summed E-state index contributed by atoms with van der Waals surface area (Å²) in [7, 11) is 5.36. The molecule has 28 heavy (non-hydrogen) atoms. The Kier molecular flexibility index (Phi) is 6.06. The van der Waals surface area contributed by atoms with Crippen molar-refractivity contribution in [2.24, 2.45) is 0 Å². The van der Waals surface area contributed by atoms with Crippen molar-refractivity contribution in [2.75, 3.05) is 31.4 Å². The largest absolute Gasteiger partial charge is 0.493 e. The molecule has 3 aromatic rings. The average molecular weight is 378 g/mol. The number of anilines is 2. The molecule has 0 saturated heterocycles. The van der Waals surface area contributed by atoms with Crippen molar-refractivity contribution < 1.29 is 14.3 Å². The van der Waals surface area contributed by atoms with Crippen LogP contribution in [0.2, 0.25) is 0 Å². The summed E-state index contributed by atoms with van der Waals surface area (Å²) in [4.78, 5) is 22.7. The maximum Gasteiger partial charge on any atom is 0.257 e. The van der Waals surface area contributed by atoms with E-state index in [1.807, 2.05) is 31.1 Å². The number of hydrogen-bond acceptors (Lipinski definition) is 6. The van der Waals surface area contributed by atoms with Crippen molar-refractivity contribution in [2.45, 2.75) is 6.61 Å². The third kappa shape index (κ3) is 4.76. The van der Waals surface area contributed by atoms with Crippen molar-refractivity contribution in [3.05, 3.63) is 72.2 Å². The van der Waals surface area contributed by atoms with E-state index in [2.05, 4.69) is 15.3 Å². The van der Waals surface area contributed by atoms with Gasteiger partial charge < -0.3 is 19.7 Å². The Morgan fingerprint density at radius 2 is 1.96 bits per heavy atom. The number of pyridine rings is 2. The molecule has 0 aliphatic carbocycles. The molecule has 0 fully saturated rings. The van der Waals surface area contributed by atoms with Gasteiger partial charge in [0.25, 0.3) is 5.91 Å². The quantitative estimate of drug-likeness (QED) is 0.679. The zero-order valence-corrected chi connectivity index (χ0v) is 16.0. The molecule has 0 aliphatic rings. The standard InChI is InChI=1S/C21H22N4O3/c1-25(2)20-9-6-16(13-23-20)21(26)24-17-7-8-18(27-3)19(11-17)28-14-15-5-4-10-22-12-15/h4-13H,14H2,1-3H3,(H,24,26). The molecule has 2 aromatic heterocycles. The maximum absolute atomic E-state index is 12.5. The topological polar surface area (TPSA) is 76.6 Å². The summed E-state index contributed by atoms with van der Waals surface area (Å²) in [5.74, 6) is 1.65. The van der Waals surface area contributed by atoms with Crippen LogP contribution in [-0.2, 0) is 6.61 Å². The Morgan fingerprint density at radius 3 is 2.61 bits per heavy atom. The zero-order valence-electron chi connectivity index (χ0n) is 16.0. The molecule has 7 nitrogen and oxygen atoms in total. The molecule has 0 spiro atoms. The Labute approximate surface area is 164 Å². The Hall–Kier alpha value is -3.61. The van der Waals surface area contributed by atoms with Gasteiger partial charge in [0.05, 0.1) is 12.7 Å². The van der Waals surface area contributed by atoms with Gasteiger partial charge in [0.15, 0.2) is 11.5 Å². The van der Waals surface area contributed by atoms with E-state index >= 15 is 0 Å². The predicted octanol–water partition coefficient (Wildman–Crippen LogP) is 3.38. The van der Waals surface area contributed by atoms with Crippen molar-refractivity contribution >= 4 is 17.4 Å². The van der Waals surface area contributed by atoms with Gasteiger partial charge in [-0.1, -0.05) is 6.07 Å². The number of nitrogens with one attached hydrogen (secondary N) is 1. The first-order valence-electron chi connectivity index (χ1n) is 8.71. The minimum atomic E-state index is -0.249. The van der Waals surface area contributed by atoms with E-state index in [-0.39, 0.29) is 5.91 Å². The number of rotatable bonds is 7. The first-order valence-corrected chi connectivity index (χ1v) is 8.71. The van der Waals surface area contributed by atoms with Gasteiger partial charge >= 0.3 is 0 Å². The number of hydrogen-bond donors (Lipinski definition) is 1. The van der Waals surface area contributed by atoms with Crippen LogP contribution >= 0.6 is 0 Å². The molecule has 0 unspecified atom stereocenters. The normalized spacial score (nSPS) is 10.2. The fraction of sp³-hybridized carbons (Fsp3) is 0.190. The average Bonchev–Trinajstić information content (AvgIpc) is 2.73. The molecule has 0 bridgehead atoms. The lowest BCUT2D eigenvalue weighted by atomic mass is 10.2. The van der Waals surface area contributed by atoms with Crippen LogP contribution in [0.3, 0.4) is 0 Å². The van der Waals surface area contributed by atoms with Gasteiger partial charge in [-0.3, -0.25) is 9.78 Å². The summed E-state index contributed by atoms with van der Waals surface area (Å²) < 4.78 is 11.2. The van der Waals surface area contributed by atoms with Gasteiger partial charge in [0, 0.05) is 50.0 Å². The van der Waals surface area contributed by atoms with E-state index in [0.29, 0.717) is 29.4 Å². The third-order valence-corrected chi connectivity index (χ3v) is 4.01. The number of benzene rings is 1. The van der Waals surface area contributed by atoms with Crippen molar-refractivity contribution in [1.82, 2.24) is 9.97 Å². The lowest BCUT2D eigenvalue weighted by Gasteiger charge is -2.13. The highest BCUT2D eigenvalue weighted by Gasteiger charge is 2.11. The van der Waals surface area contributed by atoms with Crippen molar-refractivity contribution in [3.63, 3.8) is 0 Å². The highest BCUT2D eigenvalue weighted by Crippen LogP contribution is 2.31. The summed E-state index contributed by atoms with van der Waals surface area (Å²) in [5.41, 5.74) is 2.01. The van der Waals surface area contributed by atoms with Crippen LogP contribution in [0.5, 0.6) is 11.5 Å². The monoisotopic (exact) mass is 378 g/mol. The van der Waals surface area contributed by atoms with E-state index in [4.69, 9.17) is 9.47 Å². The number of amides is 1. The maximum atomic E-state index is 12.5. The molecule has 7 heteroatoms. The number of carbonyl (C=O) groups excluding carboxylic acids is 1. The fourth-order valence-electron chi connectivity index (χ4n) is 2.50. The molecule has 2 heterocycles. The molecule has 0 aliphatic heterocycles. The van der Waals surface area contributed by atoms with Crippen LogP contribution in [-0.4, -0.2) is 37.1 Å². The minimum absolute atomic E-state index is 0.249. The van der Waals surface area contributed by atoms with E-state index < -0.39 is 0 Å². The molecule has 3 rings (SSSR count). The molecule has 0 atom stereocenters. The predicted molar refractivity (Wildman–Crippen MR) is 108 cm³/mol. The molecule has 0 radical (unpaired) electrons. The number of methoxy groups -OCH3 is 1. The van der Waals surface area contributed by atoms with Crippen LogP contribution in [0.15, 0.2) is 61.1 Å². The lowest BCUT2D eigenvalue weighted by Crippen LogP contribution is -2.14. The summed E-state index contributed by atoms with van der Waals surface area (Å²) in [6.45, 7) is 0.345. The smallest absolute Gasteiger partial charge is 0.257 e. The van der Waals surface area contributed by atoms with E-state index in [1.165, 1.54) is 0 Å². The van der Waals surface area contributed by atoms with Crippen LogP contribution < -0.4 is 19.7 Å². The Balaban J connectivity index is 1.72. The first-order chi connectivity index (χ1) is 13.6. The fourth-order valence-corrected chi connectivity index (χ4v) is 2.50. The van der Waals surface area contributed by atoms with Gasteiger partial charge in [-0.15, -0.1) is 0 Å². The highest BCUT2D eigenvalue weighted by atomic mass is 16.5. The van der Waals surface area contributed by atoms with Crippen molar-refractivity contribution in [1.29, 1.82) is 0 Å². The minimum Gasteiger partial charge on any atom is -0.493 e. The molecule has 144 valence electrons. The molecule has 1 N–H and O–H groups in total. The number of ether oxygens (including phenoxy) is 2. The zero-order chi connectivity index (χ0) is 19.9. The second-order valence-corrected chi connectivity index (χ2v) is 6.27. The molecular weight excluding hydrogens is 356 g/mol. The van der Waals surface area contributed by atoms with Gasteiger partial charge in [-0.05, 0) is 30.3 Å². The highest BCUT2D eigenvalue weighted by molar-refractivity contribution is 6.04. The number of carbonyl (C=O) groups is 1. The SMILES string of the molecule is COc1ccc(NC(=O)c2ccc(N(C)C)nc2)cc1OCc1cccnc1. The van der Waals surface area contributed by atoms with Crippen molar-refractivity contribution in [3.8, 4) is 11.5 Å². The van der Waals surface area contributed by atoms with Gasteiger partial charge in [-0.25, -0.2) is 4.98 Å². The molecule has 1 amide bonds. The van der Waals surface area contributed by atoms with Gasteiger partial charge in [0.2, 0.25) is 0 Å². The van der Waals surface area contributed by atoms with E-state index in [9.17, 15) is 4.79 Å². The second-order valence-electron chi connectivity index (χ2n) is 6.27. The number of nitrogens with zero attached hydrogens (tertiary/aromatic N) is 3. The van der Waals surface area contributed by atoms with Crippen LogP contribution in [0.25, 0.3) is 0 Å². The Bertz CT molecular complexity index is 928. The summed E-state index contributed by atoms with van der Waals surface area (Å²) in [6.07, 6.45) is 5.00. The summed E-state index contributed by atoms with van der Waals surface area (Å²) in [5, 5.41) is 2.86. The van der Waals surface area contributed by atoms with E-state index in [0.717, 1.165) is 11.4 Å².